The Morgan fingerprint density at radius 2 is 2.21 bits per heavy atom. The molecule has 1 unspecified atom stereocenters. The van der Waals surface area contributed by atoms with Crippen LogP contribution in [-0.2, 0) is 4.79 Å². The van der Waals surface area contributed by atoms with Crippen LogP contribution in [0.5, 0.6) is 5.88 Å². The largest absolute Gasteiger partial charge is 0.480 e. The molecular weight excluding hydrogens is 254 g/mol. The van der Waals surface area contributed by atoms with E-state index in [1.54, 1.807) is 12.1 Å². The number of nitrogens with zero attached hydrogens (tertiary/aromatic N) is 1. The van der Waals surface area contributed by atoms with E-state index < -0.39 is 24.6 Å². The maximum absolute atomic E-state index is 11.4. The van der Waals surface area contributed by atoms with E-state index in [-0.39, 0.29) is 0 Å². The number of pyridine rings is 1. The van der Waals surface area contributed by atoms with Crippen LogP contribution < -0.4 is 15.4 Å². The van der Waals surface area contributed by atoms with Crippen molar-refractivity contribution in [2.75, 3.05) is 18.5 Å². The van der Waals surface area contributed by atoms with Gasteiger partial charge in [-0.25, -0.2) is 14.6 Å². The first kappa shape index (κ1) is 14.7. The second-order valence-corrected chi connectivity index (χ2v) is 3.49. The fraction of sp³-hybridized carbons (Fsp3) is 0.364. The molecule has 8 heteroatoms. The number of rotatable bonds is 6. The van der Waals surface area contributed by atoms with Crippen molar-refractivity contribution in [1.82, 2.24) is 10.3 Å². The minimum atomic E-state index is -1.35. The lowest BCUT2D eigenvalue weighted by Crippen LogP contribution is -2.45. The average molecular weight is 269 g/mol. The third-order valence-corrected chi connectivity index (χ3v) is 2.07. The molecular formula is C11H15N3O5. The molecule has 1 heterocycles. The van der Waals surface area contributed by atoms with Crippen LogP contribution >= 0.6 is 0 Å². The average Bonchev–Trinajstić information content (AvgIpc) is 2.38. The lowest BCUT2D eigenvalue weighted by atomic mass is 10.3. The maximum atomic E-state index is 11.4. The molecule has 1 atom stereocenters. The molecule has 0 aliphatic carbocycles. The predicted molar refractivity (Wildman–Crippen MR) is 66.1 cm³/mol. The molecule has 2 amide bonds. The van der Waals surface area contributed by atoms with Gasteiger partial charge in [0.2, 0.25) is 5.88 Å². The minimum Gasteiger partial charge on any atom is -0.480 e. The van der Waals surface area contributed by atoms with Crippen LogP contribution in [0.4, 0.5) is 10.5 Å². The first-order valence-electron chi connectivity index (χ1n) is 5.56. The normalized spacial score (nSPS) is 11.5. The maximum Gasteiger partial charge on any atom is 0.328 e. The molecule has 0 aromatic carbocycles. The van der Waals surface area contributed by atoms with Crippen molar-refractivity contribution in [2.24, 2.45) is 0 Å². The zero-order chi connectivity index (χ0) is 14.3. The number of aromatic nitrogens is 1. The van der Waals surface area contributed by atoms with E-state index in [1.807, 2.05) is 6.92 Å². The van der Waals surface area contributed by atoms with Crippen LogP contribution in [0, 0.1) is 0 Å². The van der Waals surface area contributed by atoms with Crippen molar-refractivity contribution in [3.8, 4) is 5.88 Å². The Kier molecular flexibility index (Phi) is 5.55. The van der Waals surface area contributed by atoms with Crippen LogP contribution in [0.3, 0.4) is 0 Å². The van der Waals surface area contributed by atoms with Gasteiger partial charge in [-0.05, 0) is 13.0 Å². The van der Waals surface area contributed by atoms with Crippen molar-refractivity contribution in [3.63, 3.8) is 0 Å². The number of aliphatic hydroxyl groups is 1. The smallest absolute Gasteiger partial charge is 0.328 e. The number of anilines is 1. The fourth-order valence-electron chi connectivity index (χ4n) is 1.20. The van der Waals surface area contributed by atoms with Gasteiger partial charge < -0.3 is 25.6 Å². The summed E-state index contributed by atoms with van der Waals surface area (Å²) in [5.74, 6) is -0.894. The first-order chi connectivity index (χ1) is 9.06. The number of nitrogens with one attached hydrogen (secondary N) is 2. The summed E-state index contributed by atoms with van der Waals surface area (Å²) in [5, 5.41) is 21.9. The molecule has 0 saturated heterocycles. The summed E-state index contributed by atoms with van der Waals surface area (Å²) in [6.07, 6.45) is 1.37. The van der Waals surface area contributed by atoms with Crippen molar-refractivity contribution >= 4 is 17.7 Å². The van der Waals surface area contributed by atoms with Crippen LogP contribution in [0.1, 0.15) is 6.92 Å². The number of hydrogen-bond acceptors (Lipinski definition) is 5. The summed E-state index contributed by atoms with van der Waals surface area (Å²) in [6.45, 7) is 1.61. The van der Waals surface area contributed by atoms with Crippen molar-refractivity contribution in [1.29, 1.82) is 0 Å². The van der Waals surface area contributed by atoms with Gasteiger partial charge in [0.05, 0.1) is 25.1 Å². The topological polar surface area (TPSA) is 121 Å². The number of urea groups is 1. The molecule has 1 rings (SSSR count). The molecule has 1 aromatic heterocycles. The number of ether oxygens (including phenoxy) is 1. The molecule has 0 aliphatic rings. The number of aliphatic carboxylic acids is 1. The van der Waals surface area contributed by atoms with E-state index in [0.717, 1.165) is 0 Å². The monoisotopic (exact) mass is 269 g/mol. The molecule has 0 saturated carbocycles. The van der Waals surface area contributed by atoms with E-state index in [0.29, 0.717) is 18.2 Å². The Hall–Kier alpha value is -2.35. The third-order valence-electron chi connectivity index (χ3n) is 2.07. The highest BCUT2D eigenvalue weighted by molar-refractivity contribution is 5.92. The molecule has 0 spiro atoms. The molecule has 1 aromatic rings. The van der Waals surface area contributed by atoms with E-state index in [2.05, 4.69) is 15.6 Å². The molecule has 0 bridgehead atoms. The Morgan fingerprint density at radius 1 is 1.47 bits per heavy atom. The molecule has 0 aliphatic heterocycles. The fourth-order valence-corrected chi connectivity index (χ4v) is 1.20. The van der Waals surface area contributed by atoms with Crippen molar-refractivity contribution < 1.29 is 24.5 Å². The van der Waals surface area contributed by atoms with Gasteiger partial charge in [0, 0.05) is 6.07 Å². The Morgan fingerprint density at radius 3 is 2.68 bits per heavy atom. The minimum absolute atomic E-state index is 0.378. The number of aliphatic hydroxyl groups excluding tert-OH is 1. The quantitative estimate of drug-likeness (QED) is 0.579. The molecule has 0 radical (unpaired) electrons. The van der Waals surface area contributed by atoms with Crippen LogP contribution in [0.2, 0.25) is 0 Å². The lowest BCUT2D eigenvalue weighted by molar-refractivity contribution is -0.140. The standard InChI is InChI=1S/C11H15N3O5/c1-2-19-9-4-3-7(5-12-9)13-11(18)14-8(6-15)10(16)17/h3-5,8,15H,2,6H2,1H3,(H,16,17)(H2,13,14,18). The van der Waals surface area contributed by atoms with Gasteiger partial charge in [-0.3, -0.25) is 0 Å². The van der Waals surface area contributed by atoms with Gasteiger partial charge in [0.15, 0.2) is 6.04 Å². The Bertz CT molecular complexity index is 434. The zero-order valence-electron chi connectivity index (χ0n) is 10.3. The summed E-state index contributed by atoms with van der Waals surface area (Å²) in [6, 6.07) is 1.04. The van der Waals surface area contributed by atoms with Gasteiger partial charge in [0.1, 0.15) is 0 Å². The third kappa shape index (κ3) is 4.80. The first-order valence-corrected chi connectivity index (χ1v) is 5.56. The highest BCUT2D eigenvalue weighted by Gasteiger charge is 2.18. The van der Waals surface area contributed by atoms with E-state index >= 15 is 0 Å². The van der Waals surface area contributed by atoms with E-state index in [4.69, 9.17) is 14.9 Å². The summed E-state index contributed by atoms with van der Waals surface area (Å²) in [4.78, 5) is 26.0. The van der Waals surface area contributed by atoms with Crippen molar-refractivity contribution in [2.45, 2.75) is 13.0 Å². The molecule has 19 heavy (non-hydrogen) atoms. The highest BCUT2D eigenvalue weighted by atomic mass is 16.5. The van der Waals surface area contributed by atoms with Gasteiger partial charge >= 0.3 is 12.0 Å². The second kappa shape index (κ2) is 7.17. The second-order valence-electron chi connectivity index (χ2n) is 3.49. The van der Waals surface area contributed by atoms with Gasteiger partial charge in [-0.2, -0.15) is 0 Å². The molecule has 0 fully saturated rings. The van der Waals surface area contributed by atoms with Gasteiger partial charge in [0.25, 0.3) is 0 Å². The molecule has 8 nitrogen and oxygen atoms in total. The lowest BCUT2D eigenvalue weighted by Gasteiger charge is -2.12. The van der Waals surface area contributed by atoms with E-state index in [1.165, 1.54) is 6.20 Å². The zero-order valence-corrected chi connectivity index (χ0v) is 10.3. The van der Waals surface area contributed by atoms with E-state index in [9.17, 15) is 9.59 Å². The summed E-state index contributed by atoms with van der Waals surface area (Å²) < 4.78 is 5.13. The SMILES string of the molecule is CCOc1ccc(NC(=O)NC(CO)C(=O)O)cn1. The molecule has 104 valence electrons. The number of carbonyl (C=O) groups excluding carboxylic acids is 1. The van der Waals surface area contributed by atoms with Gasteiger partial charge in [-0.15, -0.1) is 0 Å². The van der Waals surface area contributed by atoms with Crippen LogP contribution in [-0.4, -0.2) is 46.5 Å². The molecule has 4 N–H and O–H groups in total. The highest BCUT2D eigenvalue weighted by Crippen LogP contribution is 2.11. The van der Waals surface area contributed by atoms with Gasteiger partial charge in [-0.1, -0.05) is 0 Å². The van der Waals surface area contributed by atoms with Crippen LogP contribution in [0.25, 0.3) is 0 Å². The summed E-state index contributed by atoms with van der Waals surface area (Å²) in [7, 11) is 0. The number of carboxylic acids is 1. The van der Waals surface area contributed by atoms with Crippen molar-refractivity contribution in [3.05, 3.63) is 18.3 Å². The number of amides is 2. The predicted octanol–water partition coefficient (Wildman–Crippen LogP) is 0.0473. The summed E-state index contributed by atoms with van der Waals surface area (Å²) in [5.41, 5.74) is 0.378. The summed E-state index contributed by atoms with van der Waals surface area (Å²) >= 11 is 0. The Balaban J connectivity index is 2.54. The Labute approximate surface area is 109 Å². The van der Waals surface area contributed by atoms with Crippen LogP contribution in [0.15, 0.2) is 18.3 Å². The number of carbonyl (C=O) groups is 2. The number of carboxylic acid groups (broad SMARTS) is 1. The number of hydrogen-bond donors (Lipinski definition) is 4.